The van der Waals surface area contributed by atoms with Gasteiger partial charge in [-0.2, -0.15) is 0 Å². The number of aryl methyl sites for hydroxylation is 1. The number of halogens is 1. The van der Waals surface area contributed by atoms with Gasteiger partial charge in [-0.25, -0.2) is 4.39 Å². The van der Waals surface area contributed by atoms with Crippen LogP contribution >= 0.6 is 11.8 Å². The molecule has 0 aliphatic rings. The fourth-order valence-electron chi connectivity index (χ4n) is 2.42. The monoisotopic (exact) mass is 343 g/mol. The van der Waals surface area contributed by atoms with Gasteiger partial charge in [-0.1, -0.05) is 42.1 Å². The van der Waals surface area contributed by atoms with Crippen molar-refractivity contribution in [1.82, 2.24) is 14.8 Å². The molecule has 0 radical (unpaired) electrons. The molecule has 0 amide bonds. The van der Waals surface area contributed by atoms with Crippen LogP contribution < -0.4 is 4.74 Å². The largest absolute Gasteiger partial charge is 0.496 e. The van der Waals surface area contributed by atoms with E-state index < -0.39 is 0 Å². The zero-order valence-corrected chi connectivity index (χ0v) is 14.4. The van der Waals surface area contributed by atoms with E-state index in [-0.39, 0.29) is 5.82 Å². The summed E-state index contributed by atoms with van der Waals surface area (Å²) in [6.07, 6.45) is 0. The Bertz CT molecular complexity index is 820. The van der Waals surface area contributed by atoms with Crippen LogP contribution in [0, 0.1) is 12.7 Å². The third-order valence-corrected chi connectivity index (χ3v) is 4.70. The molecule has 3 rings (SSSR count). The van der Waals surface area contributed by atoms with E-state index in [0.717, 1.165) is 16.5 Å². The predicted molar refractivity (Wildman–Crippen MR) is 92.8 cm³/mol. The molecule has 124 valence electrons. The Balaban J connectivity index is 1.78. The van der Waals surface area contributed by atoms with Crippen LogP contribution in [0.5, 0.6) is 5.75 Å². The summed E-state index contributed by atoms with van der Waals surface area (Å²) in [5.74, 6) is 1.82. The third kappa shape index (κ3) is 3.76. The Morgan fingerprint density at radius 3 is 2.67 bits per heavy atom. The van der Waals surface area contributed by atoms with Crippen LogP contribution in [-0.2, 0) is 12.3 Å². The van der Waals surface area contributed by atoms with Crippen LogP contribution in [0.2, 0.25) is 0 Å². The molecule has 6 heteroatoms. The van der Waals surface area contributed by atoms with Crippen molar-refractivity contribution in [2.75, 3.05) is 7.11 Å². The van der Waals surface area contributed by atoms with Gasteiger partial charge >= 0.3 is 0 Å². The molecule has 0 fully saturated rings. The summed E-state index contributed by atoms with van der Waals surface area (Å²) in [5, 5.41) is 9.23. The van der Waals surface area contributed by atoms with Crippen LogP contribution in [0.1, 0.15) is 17.0 Å². The number of hydrogen-bond donors (Lipinski definition) is 0. The number of benzene rings is 2. The average molecular weight is 343 g/mol. The standard InChI is InChI=1S/C18H18FN3OS/c1-13-20-21-18(22(13)11-14-6-4-3-5-7-14)24-12-15-10-16(19)8-9-17(15)23-2/h3-10H,11-12H2,1-2H3. The first-order valence-electron chi connectivity index (χ1n) is 7.56. The summed E-state index contributed by atoms with van der Waals surface area (Å²) < 4.78 is 20.8. The van der Waals surface area contributed by atoms with Crippen LogP contribution in [0.25, 0.3) is 0 Å². The number of thioether (sulfide) groups is 1. The molecule has 3 aromatic rings. The number of aromatic nitrogens is 3. The van der Waals surface area contributed by atoms with Gasteiger partial charge in [0.1, 0.15) is 17.4 Å². The Morgan fingerprint density at radius 2 is 1.92 bits per heavy atom. The van der Waals surface area contributed by atoms with Crippen molar-refractivity contribution in [3.63, 3.8) is 0 Å². The maximum Gasteiger partial charge on any atom is 0.191 e. The SMILES string of the molecule is COc1ccc(F)cc1CSc1nnc(C)n1Cc1ccccc1. The molecule has 0 N–H and O–H groups in total. The summed E-state index contributed by atoms with van der Waals surface area (Å²) in [6, 6.07) is 14.7. The second-order valence-corrected chi connectivity index (χ2v) is 6.29. The smallest absolute Gasteiger partial charge is 0.191 e. The van der Waals surface area contributed by atoms with Crippen LogP contribution in [-0.4, -0.2) is 21.9 Å². The second-order valence-electron chi connectivity index (χ2n) is 5.35. The van der Waals surface area contributed by atoms with Crippen LogP contribution in [0.4, 0.5) is 4.39 Å². The normalized spacial score (nSPS) is 10.8. The van der Waals surface area contributed by atoms with E-state index >= 15 is 0 Å². The van der Waals surface area contributed by atoms with Gasteiger partial charge in [0.15, 0.2) is 5.16 Å². The van der Waals surface area contributed by atoms with Gasteiger partial charge in [-0.3, -0.25) is 0 Å². The van der Waals surface area contributed by atoms with E-state index in [1.165, 1.54) is 29.5 Å². The predicted octanol–water partition coefficient (Wildman–Crippen LogP) is 4.07. The molecule has 0 spiro atoms. The first-order chi connectivity index (χ1) is 11.7. The van der Waals surface area contributed by atoms with Crippen molar-refractivity contribution in [3.05, 3.63) is 71.3 Å². The minimum Gasteiger partial charge on any atom is -0.496 e. The number of nitrogens with zero attached hydrogens (tertiary/aromatic N) is 3. The van der Waals surface area contributed by atoms with Gasteiger partial charge in [0.2, 0.25) is 0 Å². The second kappa shape index (κ2) is 7.49. The molecule has 0 unspecified atom stereocenters. The Hall–Kier alpha value is -2.34. The molecule has 0 aliphatic heterocycles. The number of rotatable bonds is 6. The molecule has 0 atom stereocenters. The molecule has 0 aliphatic carbocycles. The minimum absolute atomic E-state index is 0.270. The summed E-state index contributed by atoms with van der Waals surface area (Å²) in [5.41, 5.74) is 1.99. The van der Waals surface area contributed by atoms with Crippen LogP contribution in [0.15, 0.2) is 53.7 Å². The van der Waals surface area contributed by atoms with Crippen molar-refractivity contribution in [1.29, 1.82) is 0 Å². The van der Waals surface area contributed by atoms with Crippen molar-refractivity contribution in [3.8, 4) is 5.75 Å². The quantitative estimate of drug-likeness (QED) is 0.633. The first-order valence-corrected chi connectivity index (χ1v) is 8.55. The van der Waals surface area contributed by atoms with Crippen molar-refractivity contribution < 1.29 is 9.13 Å². The summed E-state index contributed by atoms with van der Waals surface area (Å²) in [7, 11) is 1.59. The highest BCUT2D eigenvalue weighted by Gasteiger charge is 2.12. The van der Waals surface area contributed by atoms with Gasteiger partial charge in [-0.15, -0.1) is 10.2 Å². The Morgan fingerprint density at radius 1 is 1.12 bits per heavy atom. The van der Waals surface area contributed by atoms with Crippen molar-refractivity contribution in [2.24, 2.45) is 0 Å². The van der Waals surface area contributed by atoms with E-state index in [1.807, 2.05) is 25.1 Å². The van der Waals surface area contributed by atoms with Gasteiger partial charge in [0.05, 0.1) is 13.7 Å². The molecule has 0 bridgehead atoms. The van der Waals surface area contributed by atoms with Crippen molar-refractivity contribution >= 4 is 11.8 Å². The molecule has 1 heterocycles. The van der Waals surface area contributed by atoms with E-state index in [0.29, 0.717) is 18.0 Å². The van der Waals surface area contributed by atoms with Gasteiger partial charge in [-0.05, 0) is 30.7 Å². The van der Waals surface area contributed by atoms with Gasteiger partial charge < -0.3 is 9.30 Å². The first kappa shape index (κ1) is 16.5. The zero-order valence-electron chi connectivity index (χ0n) is 13.6. The molecule has 2 aromatic carbocycles. The highest BCUT2D eigenvalue weighted by Crippen LogP contribution is 2.28. The van der Waals surface area contributed by atoms with Gasteiger partial charge in [0.25, 0.3) is 0 Å². The fraction of sp³-hybridized carbons (Fsp3) is 0.222. The lowest BCUT2D eigenvalue weighted by molar-refractivity contribution is 0.410. The molecule has 0 saturated heterocycles. The molecule has 1 aromatic heterocycles. The van der Waals surface area contributed by atoms with E-state index in [4.69, 9.17) is 4.74 Å². The summed E-state index contributed by atoms with van der Waals surface area (Å²) in [4.78, 5) is 0. The fourth-order valence-corrected chi connectivity index (χ4v) is 3.38. The zero-order chi connectivity index (χ0) is 16.9. The van der Waals surface area contributed by atoms with Crippen LogP contribution in [0.3, 0.4) is 0 Å². The number of ether oxygens (including phenoxy) is 1. The molecule has 4 nitrogen and oxygen atoms in total. The van der Waals surface area contributed by atoms with E-state index in [1.54, 1.807) is 13.2 Å². The molecule has 24 heavy (non-hydrogen) atoms. The van der Waals surface area contributed by atoms with E-state index in [9.17, 15) is 4.39 Å². The maximum absolute atomic E-state index is 13.5. The Kier molecular flexibility index (Phi) is 5.15. The Labute approximate surface area is 144 Å². The lowest BCUT2D eigenvalue weighted by Gasteiger charge is -2.10. The minimum atomic E-state index is -0.270. The van der Waals surface area contributed by atoms with Gasteiger partial charge in [0, 0.05) is 11.3 Å². The lowest BCUT2D eigenvalue weighted by atomic mass is 10.2. The molecular weight excluding hydrogens is 325 g/mol. The highest BCUT2D eigenvalue weighted by molar-refractivity contribution is 7.98. The number of hydrogen-bond acceptors (Lipinski definition) is 4. The van der Waals surface area contributed by atoms with E-state index in [2.05, 4.69) is 26.9 Å². The average Bonchev–Trinajstić information content (AvgIpc) is 2.94. The van der Waals surface area contributed by atoms with Crippen molar-refractivity contribution in [2.45, 2.75) is 24.4 Å². The number of methoxy groups -OCH3 is 1. The summed E-state index contributed by atoms with van der Waals surface area (Å²) >= 11 is 1.52. The highest BCUT2D eigenvalue weighted by atomic mass is 32.2. The lowest BCUT2D eigenvalue weighted by Crippen LogP contribution is -2.04. The maximum atomic E-state index is 13.5. The topological polar surface area (TPSA) is 39.9 Å². The summed E-state index contributed by atoms with van der Waals surface area (Å²) in [6.45, 7) is 2.64. The third-order valence-electron chi connectivity index (χ3n) is 3.68. The molecule has 0 saturated carbocycles. The molecular formula is C18H18FN3OS.